The number of aliphatic imine (C=N–C) groups is 1. The van der Waals surface area contributed by atoms with Crippen molar-refractivity contribution in [1.82, 2.24) is 14.8 Å². The lowest BCUT2D eigenvalue weighted by molar-refractivity contribution is 0.283. The van der Waals surface area contributed by atoms with Crippen LogP contribution < -0.4 is 5.73 Å². The Balaban J connectivity index is 1.80. The summed E-state index contributed by atoms with van der Waals surface area (Å²) in [6.07, 6.45) is 5.37. The summed E-state index contributed by atoms with van der Waals surface area (Å²) in [6, 6.07) is 10.1. The number of allylic oxidation sites excluding steroid dienone is 3. The number of nitriles is 1. The van der Waals surface area contributed by atoms with E-state index in [0.717, 1.165) is 35.4 Å². The van der Waals surface area contributed by atoms with Crippen LogP contribution in [0.3, 0.4) is 0 Å². The fraction of sp³-hybridized carbons (Fsp3) is 0.300. The van der Waals surface area contributed by atoms with E-state index in [9.17, 15) is 5.26 Å². The Hall–Kier alpha value is -3.40. The third-order valence-corrected chi connectivity index (χ3v) is 5.00. The molecular formula is C20H20N6O. The SMILES string of the molecule is CN=C(C1=C(C)OC(N)=C(C#N)C1c1ccc(-n2cncn2)cc1)C1CC1. The molecular weight excluding hydrogens is 340 g/mol. The highest BCUT2D eigenvalue weighted by Crippen LogP contribution is 2.44. The van der Waals surface area contributed by atoms with Gasteiger partial charge in [0.15, 0.2) is 0 Å². The number of hydrogen-bond donors (Lipinski definition) is 1. The van der Waals surface area contributed by atoms with Crippen molar-refractivity contribution in [3.8, 4) is 11.8 Å². The fourth-order valence-corrected chi connectivity index (χ4v) is 3.59. The summed E-state index contributed by atoms with van der Waals surface area (Å²) >= 11 is 0. The molecule has 1 aliphatic carbocycles. The van der Waals surface area contributed by atoms with Crippen molar-refractivity contribution in [3.05, 3.63) is 65.3 Å². The minimum atomic E-state index is -0.284. The second-order valence-corrected chi connectivity index (χ2v) is 6.71. The number of rotatable bonds is 4. The van der Waals surface area contributed by atoms with Crippen LogP contribution in [0.2, 0.25) is 0 Å². The molecule has 0 saturated heterocycles. The van der Waals surface area contributed by atoms with E-state index in [-0.39, 0.29) is 11.8 Å². The molecule has 0 bridgehead atoms. The summed E-state index contributed by atoms with van der Waals surface area (Å²) in [5.41, 5.74) is 10.3. The van der Waals surface area contributed by atoms with Crippen molar-refractivity contribution in [2.24, 2.45) is 16.6 Å². The Bertz CT molecular complexity index is 988. The van der Waals surface area contributed by atoms with Gasteiger partial charge < -0.3 is 10.5 Å². The van der Waals surface area contributed by atoms with Crippen molar-refractivity contribution in [1.29, 1.82) is 5.26 Å². The van der Waals surface area contributed by atoms with Crippen LogP contribution in [0.15, 0.2) is 64.7 Å². The molecule has 27 heavy (non-hydrogen) atoms. The predicted octanol–water partition coefficient (Wildman–Crippen LogP) is 2.83. The zero-order chi connectivity index (χ0) is 19.0. The summed E-state index contributed by atoms with van der Waals surface area (Å²) in [7, 11) is 1.80. The summed E-state index contributed by atoms with van der Waals surface area (Å²) in [6.45, 7) is 1.89. The topological polar surface area (TPSA) is 102 Å². The highest BCUT2D eigenvalue weighted by Gasteiger charge is 2.39. The van der Waals surface area contributed by atoms with Gasteiger partial charge in [-0.2, -0.15) is 10.4 Å². The van der Waals surface area contributed by atoms with E-state index < -0.39 is 0 Å². The van der Waals surface area contributed by atoms with Crippen LogP contribution in [-0.4, -0.2) is 27.5 Å². The van der Waals surface area contributed by atoms with Crippen LogP contribution in [0.4, 0.5) is 0 Å². The van der Waals surface area contributed by atoms with Gasteiger partial charge in [-0.05, 0) is 37.5 Å². The Morgan fingerprint density at radius 2 is 2.07 bits per heavy atom. The Labute approximate surface area is 157 Å². The molecule has 1 unspecified atom stereocenters. The lowest BCUT2D eigenvalue weighted by Gasteiger charge is -2.29. The maximum absolute atomic E-state index is 9.76. The molecule has 0 spiro atoms. The van der Waals surface area contributed by atoms with Crippen LogP contribution in [0.5, 0.6) is 0 Å². The van der Waals surface area contributed by atoms with E-state index in [4.69, 9.17) is 10.5 Å². The smallest absolute Gasteiger partial charge is 0.205 e. The normalized spacial score (nSPS) is 20.5. The molecule has 1 atom stereocenters. The van der Waals surface area contributed by atoms with Gasteiger partial charge in [-0.25, -0.2) is 9.67 Å². The van der Waals surface area contributed by atoms with E-state index in [1.54, 1.807) is 18.1 Å². The Kier molecular flexibility index (Phi) is 4.24. The first-order valence-electron chi connectivity index (χ1n) is 8.84. The zero-order valence-corrected chi connectivity index (χ0v) is 15.3. The first kappa shape index (κ1) is 17.0. The summed E-state index contributed by atoms with van der Waals surface area (Å²) in [4.78, 5) is 8.51. The number of aromatic nitrogens is 3. The molecule has 2 aromatic rings. The van der Waals surface area contributed by atoms with E-state index in [1.165, 1.54) is 6.33 Å². The van der Waals surface area contributed by atoms with Crippen LogP contribution in [-0.2, 0) is 4.74 Å². The lowest BCUT2D eigenvalue weighted by Crippen LogP contribution is -2.25. The number of nitrogens with zero attached hydrogens (tertiary/aromatic N) is 5. The highest BCUT2D eigenvalue weighted by atomic mass is 16.5. The molecule has 2 heterocycles. The van der Waals surface area contributed by atoms with Gasteiger partial charge in [0, 0.05) is 24.3 Å². The first-order chi connectivity index (χ1) is 13.1. The van der Waals surface area contributed by atoms with E-state index >= 15 is 0 Å². The Morgan fingerprint density at radius 1 is 1.33 bits per heavy atom. The molecule has 4 rings (SSSR count). The molecule has 1 saturated carbocycles. The maximum atomic E-state index is 9.76. The first-order valence-corrected chi connectivity index (χ1v) is 8.84. The quantitative estimate of drug-likeness (QED) is 0.845. The van der Waals surface area contributed by atoms with Crippen molar-refractivity contribution < 1.29 is 4.74 Å². The van der Waals surface area contributed by atoms with Crippen LogP contribution in [0.25, 0.3) is 5.69 Å². The summed E-state index contributed by atoms with van der Waals surface area (Å²) < 4.78 is 7.40. The van der Waals surface area contributed by atoms with Gasteiger partial charge in [0.05, 0.1) is 11.6 Å². The monoisotopic (exact) mass is 360 g/mol. The van der Waals surface area contributed by atoms with Crippen molar-refractivity contribution in [2.75, 3.05) is 7.05 Å². The molecule has 7 nitrogen and oxygen atoms in total. The minimum Gasteiger partial charge on any atom is -0.445 e. The molecule has 1 aromatic heterocycles. The molecule has 0 amide bonds. The van der Waals surface area contributed by atoms with Gasteiger partial charge in [-0.15, -0.1) is 0 Å². The zero-order valence-electron chi connectivity index (χ0n) is 15.3. The molecule has 7 heteroatoms. The molecule has 1 fully saturated rings. The van der Waals surface area contributed by atoms with Gasteiger partial charge >= 0.3 is 0 Å². The second kappa shape index (κ2) is 6.72. The number of hydrogen-bond acceptors (Lipinski definition) is 6. The molecule has 2 aliphatic rings. The average Bonchev–Trinajstić information content (AvgIpc) is 3.36. The van der Waals surface area contributed by atoms with E-state index in [1.807, 2.05) is 31.2 Å². The Morgan fingerprint density at radius 3 is 2.63 bits per heavy atom. The highest BCUT2D eigenvalue weighted by molar-refractivity contribution is 6.05. The van der Waals surface area contributed by atoms with Gasteiger partial charge in [0.2, 0.25) is 5.88 Å². The molecule has 136 valence electrons. The standard InChI is InChI=1S/C20H20N6O/c1-12-17(19(23-2)14-3-4-14)18(16(9-21)20(22)27-12)13-5-7-15(8-6-13)26-11-24-10-25-26/h5-8,10-11,14,18H,3-4,22H2,1-2H3. The van der Waals surface area contributed by atoms with Gasteiger partial charge in [0.25, 0.3) is 0 Å². The number of benzene rings is 1. The summed E-state index contributed by atoms with van der Waals surface area (Å²) in [5, 5.41) is 13.9. The van der Waals surface area contributed by atoms with E-state index in [2.05, 4.69) is 21.1 Å². The predicted molar refractivity (Wildman–Crippen MR) is 101 cm³/mol. The molecule has 2 N–H and O–H groups in total. The van der Waals surface area contributed by atoms with Gasteiger partial charge in [0.1, 0.15) is 30.1 Å². The largest absolute Gasteiger partial charge is 0.445 e. The van der Waals surface area contributed by atoms with Crippen LogP contribution >= 0.6 is 0 Å². The lowest BCUT2D eigenvalue weighted by atomic mass is 9.80. The van der Waals surface area contributed by atoms with Crippen LogP contribution in [0, 0.1) is 17.2 Å². The summed E-state index contributed by atoms with van der Waals surface area (Å²) in [5.74, 6) is 1.02. The molecule has 0 radical (unpaired) electrons. The third kappa shape index (κ3) is 2.99. The van der Waals surface area contributed by atoms with E-state index in [0.29, 0.717) is 17.3 Å². The van der Waals surface area contributed by atoms with Gasteiger partial charge in [-0.1, -0.05) is 12.1 Å². The molecule has 1 aromatic carbocycles. The van der Waals surface area contributed by atoms with Crippen molar-refractivity contribution in [2.45, 2.75) is 25.7 Å². The van der Waals surface area contributed by atoms with Crippen LogP contribution in [0.1, 0.15) is 31.2 Å². The van der Waals surface area contributed by atoms with Crippen molar-refractivity contribution in [3.63, 3.8) is 0 Å². The fourth-order valence-electron chi connectivity index (χ4n) is 3.59. The second-order valence-electron chi connectivity index (χ2n) is 6.71. The van der Waals surface area contributed by atoms with Crippen molar-refractivity contribution >= 4 is 5.71 Å². The molecule has 1 aliphatic heterocycles. The number of nitrogens with two attached hydrogens (primary N) is 1. The third-order valence-electron chi connectivity index (χ3n) is 5.00. The average molecular weight is 360 g/mol. The van der Waals surface area contributed by atoms with Gasteiger partial charge in [-0.3, -0.25) is 4.99 Å². The minimum absolute atomic E-state index is 0.162. The maximum Gasteiger partial charge on any atom is 0.205 e. The number of ether oxygens (including phenoxy) is 1.